The van der Waals surface area contributed by atoms with Crippen LogP contribution in [0.4, 0.5) is 11.4 Å². The lowest BCUT2D eigenvalue weighted by Crippen LogP contribution is -2.69. The lowest BCUT2D eigenvalue weighted by molar-refractivity contribution is -0.953. The number of methoxy groups -OCH3 is 2. The molecule has 228 valence electrons. The third-order valence-corrected chi connectivity index (χ3v) is 10.6. The summed E-state index contributed by atoms with van der Waals surface area (Å²) in [5.41, 5.74) is 5.66. The molecule has 2 amide bonds. The van der Waals surface area contributed by atoms with Gasteiger partial charge in [0.15, 0.2) is 6.04 Å². The van der Waals surface area contributed by atoms with E-state index in [1.807, 2.05) is 6.92 Å². The van der Waals surface area contributed by atoms with Crippen LogP contribution in [0.3, 0.4) is 0 Å². The number of carbonyl (C=O) groups excluding carboxylic acids is 2. The molecular weight excluding hydrogens is 596 g/mol. The number of amides is 2. The first-order valence-corrected chi connectivity index (χ1v) is 15.3. The Morgan fingerprint density at radius 2 is 1.79 bits per heavy atom. The molecule has 3 aromatic rings. The van der Waals surface area contributed by atoms with E-state index in [0.717, 1.165) is 9.87 Å². The van der Waals surface area contributed by atoms with Crippen LogP contribution in [0.5, 0.6) is 11.5 Å². The first kappa shape index (κ1) is 30.6. The van der Waals surface area contributed by atoms with Gasteiger partial charge in [0, 0.05) is 30.2 Å². The zero-order valence-corrected chi connectivity index (χ0v) is 26.0. The van der Waals surface area contributed by atoms with Crippen LogP contribution < -0.4 is 24.8 Å². The average Bonchev–Trinajstić information content (AvgIpc) is 3.42. The highest BCUT2D eigenvalue weighted by Gasteiger charge is 2.72. The lowest BCUT2D eigenvalue weighted by atomic mass is 9.78. The van der Waals surface area contributed by atoms with E-state index in [-0.39, 0.29) is 50.1 Å². The highest BCUT2D eigenvalue weighted by atomic mass is 35.5. The van der Waals surface area contributed by atoms with Crippen LogP contribution in [0.25, 0.3) is 0 Å². The van der Waals surface area contributed by atoms with E-state index in [9.17, 15) is 18.3 Å². The van der Waals surface area contributed by atoms with E-state index < -0.39 is 39.5 Å². The summed E-state index contributed by atoms with van der Waals surface area (Å²) in [4.78, 5) is 28.6. The molecule has 0 aliphatic carbocycles. The van der Waals surface area contributed by atoms with Gasteiger partial charge in [-0.2, -0.15) is 4.31 Å². The molecule has 0 aromatic heterocycles. The van der Waals surface area contributed by atoms with Gasteiger partial charge in [-0.1, -0.05) is 23.2 Å². The number of nitrogen functional groups attached to an aromatic ring is 1. The van der Waals surface area contributed by atoms with Gasteiger partial charge in [-0.25, -0.2) is 8.42 Å². The molecule has 1 fully saturated rings. The van der Waals surface area contributed by atoms with Crippen molar-refractivity contribution in [1.82, 2.24) is 5.32 Å². The Bertz CT molecular complexity index is 1750. The number of nitrogens with two attached hydrogens (primary N) is 1. The van der Waals surface area contributed by atoms with Crippen molar-refractivity contribution < 1.29 is 37.1 Å². The third kappa shape index (κ3) is 4.35. The molecule has 2 unspecified atom stereocenters. The van der Waals surface area contributed by atoms with Crippen molar-refractivity contribution in [1.29, 1.82) is 0 Å². The van der Waals surface area contributed by atoms with Gasteiger partial charge in [-0.05, 0) is 49.4 Å². The fourth-order valence-corrected chi connectivity index (χ4v) is 8.52. The van der Waals surface area contributed by atoms with Gasteiger partial charge in [0.1, 0.15) is 29.0 Å². The minimum absolute atomic E-state index is 0.0355. The Labute approximate surface area is 255 Å². The second-order valence-corrected chi connectivity index (χ2v) is 13.2. The molecule has 43 heavy (non-hydrogen) atoms. The highest BCUT2D eigenvalue weighted by Crippen LogP contribution is 2.58. The quantitative estimate of drug-likeness (QED) is 0.267. The lowest BCUT2D eigenvalue weighted by Gasteiger charge is -2.48. The maximum absolute atomic E-state index is 15.4. The molecule has 0 spiro atoms. The summed E-state index contributed by atoms with van der Waals surface area (Å²) in [5.74, 6) is -1.03. The van der Waals surface area contributed by atoms with Crippen molar-refractivity contribution in [2.75, 3.05) is 44.9 Å². The standard InChI is InChI=1S/C30H33ClN4O7S/c1-17-6-10-25(41-4)22(12-17)30(35(3)16-20(36)15-24(35)28(37)33-2)21-13-18(31)7-9-23(21)34(29(30)38)43(39,40)27-11-8-19(32)14-26(27)42-5/h6-14,20,24,36H,15-16,32H2,1-5H3/p+1/t20-,24+,30?,35?/m1/s1. The number of hydrogen-bond acceptors (Lipinski definition) is 8. The summed E-state index contributed by atoms with van der Waals surface area (Å²) in [6, 6.07) is 12.8. The minimum Gasteiger partial charge on any atom is -0.496 e. The van der Waals surface area contributed by atoms with Crippen molar-refractivity contribution in [3.63, 3.8) is 0 Å². The second kappa shape index (κ2) is 10.7. The van der Waals surface area contributed by atoms with Gasteiger partial charge in [0.2, 0.25) is 5.54 Å². The first-order valence-electron chi connectivity index (χ1n) is 13.5. The van der Waals surface area contributed by atoms with Gasteiger partial charge in [0.25, 0.3) is 15.9 Å². The first-order chi connectivity index (χ1) is 20.3. The fourth-order valence-electron chi connectivity index (χ4n) is 6.75. The number of benzene rings is 3. The number of halogens is 1. The molecule has 0 bridgehead atoms. The molecular formula is C30H34ClN4O7S+. The number of anilines is 2. The number of rotatable bonds is 7. The summed E-state index contributed by atoms with van der Waals surface area (Å²) >= 11 is 6.56. The number of likely N-dealkylation sites (N-methyl/N-ethyl adjacent to an activating group) is 2. The molecule has 1 saturated heterocycles. The monoisotopic (exact) mass is 629 g/mol. The smallest absolute Gasteiger partial charge is 0.312 e. The second-order valence-electron chi connectivity index (χ2n) is 11.0. The predicted octanol–water partition coefficient (Wildman–Crippen LogP) is 2.55. The van der Waals surface area contributed by atoms with Crippen LogP contribution in [-0.4, -0.2) is 76.8 Å². The highest BCUT2D eigenvalue weighted by molar-refractivity contribution is 7.93. The Hall–Kier alpha value is -3.84. The summed E-state index contributed by atoms with van der Waals surface area (Å²) in [7, 11) is 1.26. The van der Waals surface area contributed by atoms with Gasteiger partial charge >= 0.3 is 5.91 Å². The molecule has 2 aliphatic rings. The van der Waals surface area contributed by atoms with Crippen molar-refractivity contribution in [3.8, 4) is 11.5 Å². The maximum atomic E-state index is 15.4. The Kier molecular flexibility index (Phi) is 7.62. The maximum Gasteiger partial charge on any atom is 0.312 e. The van der Waals surface area contributed by atoms with E-state index in [2.05, 4.69) is 5.32 Å². The van der Waals surface area contributed by atoms with Crippen LogP contribution in [0.2, 0.25) is 5.02 Å². The van der Waals surface area contributed by atoms with Crippen LogP contribution in [0.1, 0.15) is 23.1 Å². The van der Waals surface area contributed by atoms with E-state index >= 15 is 4.79 Å². The van der Waals surface area contributed by atoms with Crippen molar-refractivity contribution in [2.45, 2.75) is 35.9 Å². The van der Waals surface area contributed by atoms with Crippen LogP contribution in [0.15, 0.2) is 59.5 Å². The van der Waals surface area contributed by atoms with Crippen molar-refractivity contribution in [2.24, 2.45) is 0 Å². The average molecular weight is 630 g/mol. The number of likely N-dealkylation sites (tertiary alicyclic amines) is 1. The van der Waals surface area contributed by atoms with Crippen molar-refractivity contribution >= 4 is 44.8 Å². The van der Waals surface area contributed by atoms with Crippen LogP contribution >= 0.6 is 11.6 Å². The third-order valence-electron chi connectivity index (χ3n) is 8.60. The number of nitrogens with one attached hydrogen (secondary N) is 1. The summed E-state index contributed by atoms with van der Waals surface area (Å²) in [5, 5.41) is 13.9. The number of aryl methyl sites for hydroxylation is 1. The fraction of sp³-hybridized carbons (Fsp3) is 0.333. The molecule has 11 nitrogen and oxygen atoms in total. The molecule has 0 radical (unpaired) electrons. The number of quaternary nitrogens is 1. The normalized spacial score (nSPS) is 25.0. The molecule has 13 heteroatoms. The number of aliphatic hydroxyl groups is 1. The number of carbonyl (C=O) groups is 2. The summed E-state index contributed by atoms with van der Waals surface area (Å²) < 4.78 is 40.6. The Morgan fingerprint density at radius 3 is 2.44 bits per heavy atom. The van der Waals surface area contributed by atoms with Gasteiger partial charge in [-0.3, -0.25) is 14.1 Å². The SMILES string of the molecule is CNC(=O)[C@@H]1C[C@@H](O)C[N+]1(C)C1(c2cc(C)ccc2OC)C(=O)N(S(=O)(=O)c2ccc(N)cc2OC)c2ccc(Cl)cc21. The van der Waals surface area contributed by atoms with E-state index in [0.29, 0.717) is 11.3 Å². The Morgan fingerprint density at radius 1 is 1.09 bits per heavy atom. The molecule has 2 heterocycles. The predicted molar refractivity (Wildman–Crippen MR) is 162 cm³/mol. The van der Waals surface area contributed by atoms with Crippen LogP contribution in [-0.2, 0) is 25.2 Å². The largest absolute Gasteiger partial charge is 0.496 e. The van der Waals surface area contributed by atoms with Gasteiger partial charge in [0.05, 0.1) is 38.1 Å². The number of hydrogen-bond donors (Lipinski definition) is 3. The number of nitrogens with zero attached hydrogens (tertiary/aromatic N) is 2. The topological polar surface area (TPSA) is 148 Å². The number of sulfonamides is 1. The zero-order valence-electron chi connectivity index (χ0n) is 24.4. The van der Waals surface area contributed by atoms with Gasteiger partial charge < -0.3 is 25.6 Å². The summed E-state index contributed by atoms with van der Waals surface area (Å²) in [6.07, 6.45) is -0.938. The van der Waals surface area contributed by atoms with E-state index in [1.54, 1.807) is 31.3 Å². The molecule has 5 rings (SSSR count). The zero-order chi connectivity index (χ0) is 31.5. The van der Waals surface area contributed by atoms with Crippen molar-refractivity contribution in [3.05, 3.63) is 76.3 Å². The number of fused-ring (bicyclic) bond motifs is 1. The number of ether oxygens (including phenoxy) is 2. The Balaban J connectivity index is 1.94. The number of aliphatic hydroxyl groups excluding tert-OH is 1. The molecule has 0 saturated carbocycles. The molecule has 2 aliphatic heterocycles. The van der Waals surface area contributed by atoms with Crippen LogP contribution in [0, 0.1) is 6.92 Å². The van der Waals surface area contributed by atoms with E-state index in [4.69, 9.17) is 26.8 Å². The van der Waals surface area contributed by atoms with E-state index in [1.165, 1.54) is 51.6 Å². The minimum atomic E-state index is -4.65. The molecule has 4 N–H and O–H groups in total. The molecule has 3 aromatic carbocycles. The molecule has 4 atom stereocenters. The van der Waals surface area contributed by atoms with Gasteiger partial charge in [-0.15, -0.1) is 0 Å². The summed E-state index contributed by atoms with van der Waals surface area (Å²) in [6.45, 7) is 1.78.